The van der Waals surface area contributed by atoms with E-state index in [1.165, 1.54) is 6.07 Å². The van der Waals surface area contributed by atoms with Gasteiger partial charge >= 0.3 is 6.18 Å². The second kappa shape index (κ2) is 8.72. The first-order valence-corrected chi connectivity index (χ1v) is 8.00. The Bertz CT molecular complexity index is 543. The number of halogens is 4. The molecule has 1 fully saturated rings. The number of alkyl halides is 3. The van der Waals surface area contributed by atoms with Crippen LogP contribution >= 0.6 is 12.4 Å². The summed E-state index contributed by atoms with van der Waals surface area (Å²) in [5.74, 6) is -0.579. The molecule has 0 bridgehead atoms. The minimum Gasteiger partial charge on any atom is -0.342 e. The van der Waals surface area contributed by atoms with Gasteiger partial charge in [-0.25, -0.2) is 0 Å². The Labute approximate surface area is 147 Å². The fourth-order valence-corrected chi connectivity index (χ4v) is 3.09. The number of carbonyl (C=O) groups is 1. The summed E-state index contributed by atoms with van der Waals surface area (Å²) in [6, 6.07) is 5.54. The number of hydrogen-bond acceptors (Lipinski definition) is 2. The van der Waals surface area contributed by atoms with Crippen LogP contribution in [0.15, 0.2) is 24.3 Å². The van der Waals surface area contributed by atoms with E-state index in [0.29, 0.717) is 31.1 Å². The van der Waals surface area contributed by atoms with Gasteiger partial charge < -0.3 is 10.2 Å². The predicted octanol–water partition coefficient (Wildman–Crippen LogP) is 3.83. The van der Waals surface area contributed by atoms with Crippen molar-refractivity contribution in [2.24, 2.45) is 0 Å². The number of nitrogens with one attached hydrogen (secondary N) is 1. The van der Waals surface area contributed by atoms with E-state index in [-0.39, 0.29) is 18.3 Å². The summed E-state index contributed by atoms with van der Waals surface area (Å²) in [5.41, 5.74) is -0.252. The minimum absolute atomic E-state index is 0. The highest BCUT2D eigenvalue weighted by molar-refractivity contribution is 5.85. The molecule has 1 saturated heterocycles. The Kier molecular flexibility index (Phi) is 7.55. The second-order valence-corrected chi connectivity index (χ2v) is 5.97. The van der Waals surface area contributed by atoms with E-state index >= 15 is 0 Å². The molecule has 0 aromatic heterocycles. The molecule has 1 heterocycles. The summed E-state index contributed by atoms with van der Waals surface area (Å²) in [5, 5.41) is 3.20. The molecule has 0 spiro atoms. The maximum atomic E-state index is 12.9. The van der Waals surface area contributed by atoms with Gasteiger partial charge in [-0.1, -0.05) is 25.1 Å². The molecule has 3 nitrogen and oxygen atoms in total. The van der Waals surface area contributed by atoms with Gasteiger partial charge in [0.15, 0.2) is 0 Å². The lowest BCUT2D eigenvalue weighted by molar-refractivity contribution is -0.138. The van der Waals surface area contributed by atoms with E-state index in [4.69, 9.17) is 0 Å². The van der Waals surface area contributed by atoms with E-state index < -0.39 is 17.7 Å². The standard InChI is InChI=1S/C17H23F3N2O.ClH/c1-3-15(12-5-4-6-13(11-12)17(18,19)20)16(23)22-9-7-14(21-2)8-10-22;/h4-6,11,14-15,21H,3,7-10H2,1-2H3;1H. The van der Waals surface area contributed by atoms with Gasteiger partial charge in [0.2, 0.25) is 5.91 Å². The van der Waals surface area contributed by atoms with Gasteiger partial charge in [0.25, 0.3) is 0 Å². The molecule has 1 atom stereocenters. The van der Waals surface area contributed by atoms with E-state index in [2.05, 4.69) is 5.32 Å². The highest BCUT2D eigenvalue weighted by Crippen LogP contribution is 2.32. The van der Waals surface area contributed by atoms with E-state index in [1.54, 1.807) is 11.0 Å². The van der Waals surface area contributed by atoms with Crippen LogP contribution in [-0.2, 0) is 11.0 Å². The molecule has 0 aliphatic carbocycles. The first-order chi connectivity index (χ1) is 10.9. The molecule has 0 saturated carbocycles. The zero-order valence-electron chi connectivity index (χ0n) is 13.9. The van der Waals surface area contributed by atoms with Crippen LogP contribution in [-0.4, -0.2) is 37.0 Å². The zero-order valence-corrected chi connectivity index (χ0v) is 14.7. The van der Waals surface area contributed by atoms with E-state index in [1.807, 2.05) is 14.0 Å². The van der Waals surface area contributed by atoms with E-state index in [0.717, 1.165) is 25.0 Å². The van der Waals surface area contributed by atoms with E-state index in [9.17, 15) is 18.0 Å². The van der Waals surface area contributed by atoms with Gasteiger partial charge in [0.05, 0.1) is 11.5 Å². The molecular formula is C17H24ClF3N2O. The summed E-state index contributed by atoms with van der Waals surface area (Å²) >= 11 is 0. The maximum Gasteiger partial charge on any atom is 0.416 e. The topological polar surface area (TPSA) is 32.3 Å². The molecule has 1 aliphatic heterocycles. The number of piperidine rings is 1. The lowest BCUT2D eigenvalue weighted by Crippen LogP contribution is -2.45. The minimum atomic E-state index is -4.39. The number of rotatable bonds is 4. The van der Waals surface area contributed by atoms with Crippen molar-refractivity contribution in [1.29, 1.82) is 0 Å². The van der Waals surface area contributed by atoms with Gasteiger partial charge in [-0.05, 0) is 37.9 Å². The predicted molar refractivity (Wildman–Crippen MR) is 90.4 cm³/mol. The van der Waals surface area contributed by atoms with Crippen molar-refractivity contribution in [3.63, 3.8) is 0 Å². The molecule has 1 aliphatic rings. The molecule has 24 heavy (non-hydrogen) atoms. The number of likely N-dealkylation sites (tertiary alicyclic amines) is 1. The molecule has 2 rings (SSSR count). The van der Waals surface area contributed by atoms with Crippen molar-refractivity contribution in [2.75, 3.05) is 20.1 Å². The van der Waals surface area contributed by atoms with Gasteiger partial charge in [0, 0.05) is 19.1 Å². The van der Waals surface area contributed by atoms with Crippen LogP contribution in [0.1, 0.15) is 43.2 Å². The third-order valence-electron chi connectivity index (χ3n) is 4.54. The first kappa shape index (κ1) is 20.8. The Balaban J connectivity index is 0.00000288. The number of benzene rings is 1. The lowest BCUT2D eigenvalue weighted by atomic mass is 9.92. The summed E-state index contributed by atoms with van der Waals surface area (Å²) < 4.78 is 38.6. The summed E-state index contributed by atoms with van der Waals surface area (Å²) in [7, 11) is 1.90. The van der Waals surface area contributed by atoms with Gasteiger partial charge in [-0.15, -0.1) is 12.4 Å². The molecule has 136 valence electrons. The van der Waals surface area contributed by atoms with Crippen LogP contribution in [0.4, 0.5) is 13.2 Å². The monoisotopic (exact) mass is 364 g/mol. The molecule has 1 aromatic carbocycles. The molecule has 1 N–H and O–H groups in total. The Morgan fingerprint density at radius 1 is 1.33 bits per heavy atom. The zero-order chi connectivity index (χ0) is 17.0. The van der Waals surface area contributed by atoms with Gasteiger partial charge in [0.1, 0.15) is 0 Å². The average Bonchev–Trinajstić information content (AvgIpc) is 2.55. The summed E-state index contributed by atoms with van der Waals surface area (Å²) in [6.07, 6.45) is -2.14. The first-order valence-electron chi connectivity index (χ1n) is 8.00. The van der Waals surface area contributed by atoms with Crippen molar-refractivity contribution in [3.05, 3.63) is 35.4 Å². The number of amides is 1. The highest BCUT2D eigenvalue weighted by atomic mass is 35.5. The number of carbonyl (C=O) groups excluding carboxylic acids is 1. The molecule has 1 amide bonds. The Morgan fingerprint density at radius 2 is 1.96 bits per heavy atom. The van der Waals surface area contributed by atoms with Crippen molar-refractivity contribution in [1.82, 2.24) is 10.2 Å². The van der Waals surface area contributed by atoms with Crippen LogP contribution in [0.3, 0.4) is 0 Å². The normalized spacial score (nSPS) is 17.3. The maximum absolute atomic E-state index is 12.9. The average molecular weight is 365 g/mol. The van der Waals surface area contributed by atoms with Crippen molar-refractivity contribution >= 4 is 18.3 Å². The summed E-state index contributed by atoms with van der Waals surface area (Å²) in [4.78, 5) is 14.5. The van der Waals surface area contributed by atoms with Crippen LogP contribution in [0.5, 0.6) is 0 Å². The number of hydrogen-bond donors (Lipinski definition) is 1. The van der Waals surface area contributed by atoms with Gasteiger partial charge in [-0.2, -0.15) is 13.2 Å². The Hall–Kier alpha value is -1.27. The smallest absolute Gasteiger partial charge is 0.342 e. The molecule has 7 heteroatoms. The largest absolute Gasteiger partial charge is 0.416 e. The van der Waals surface area contributed by atoms with Crippen LogP contribution in [0, 0.1) is 0 Å². The lowest BCUT2D eigenvalue weighted by Gasteiger charge is -2.34. The van der Waals surface area contributed by atoms with Crippen LogP contribution in [0.25, 0.3) is 0 Å². The van der Waals surface area contributed by atoms with Gasteiger partial charge in [-0.3, -0.25) is 4.79 Å². The highest BCUT2D eigenvalue weighted by Gasteiger charge is 2.33. The van der Waals surface area contributed by atoms with Crippen molar-refractivity contribution < 1.29 is 18.0 Å². The second-order valence-electron chi connectivity index (χ2n) is 5.97. The number of nitrogens with zero attached hydrogens (tertiary/aromatic N) is 1. The quantitative estimate of drug-likeness (QED) is 0.880. The molecule has 1 unspecified atom stereocenters. The van der Waals surface area contributed by atoms with Crippen molar-refractivity contribution in [2.45, 2.75) is 44.3 Å². The molecule has 0 radical (unpaired) electrons. The fraction of sp³-hybridized carbons (Fsp3) is 0.588. The third-order valence-corrected chi connectivity index (χ3v) is 4.54. The van der Waals surface area contributed by atoms with Crippen LogP contribution < -0.4 is 5.32 Å². The molecule has 1 aromatic rings. The molecular weight excluding hydrogens is 341 g/mol. The fourth-order valence-electron chi connectivity index (χ4n) is 3.09. The summed E-state index contributed by atoms with van der Waals surface area (Å²) in [6.45, 7) is 3.14. The third kappa shape index (κ3) is 4.86. The van der Waals surface area contributed by atoms with Crippen molar-refractivity contribution in [3.8, 4) is 0 Å². The SMILES string of the molecule is CCC(C(=O)N1CCC(NC)CC1)c1cccc(C(F)(F)F)c1.Cl. The Morgan fingerprint density at radius 3 is 2.46 bits per heavy atom. The van der Waals surface area contributed by atoms with Crippen LogP contribution in [0.2, 0.25) is 0 Å².